The van der Waals surface area contributed by atoms with Crippen molar-refractivity contribution >= 4 is 17.7 Å². The van der Waals surface area contributed by atoms with Gasteiger partial charge in [-0.05, 0) is 36.8 Å². The minimum Gasteiger partial charge on any atom is -0.399 e. The van der Waals surface area contributed by atoms with E-state index >= 15 is 0 Å². The molecule has 0 saturated carbocycles. The number of hydrogen-bond acceptors (Lipinski definition) is 4. The van der Waals surface area contributed by atoms with Gasteiger partial charge in [-0.15, -0.1) is 0 Å². The molecule has 0 aliphatic rings. The molecule has 0 aliphatic heterocycles. The van der Waals surface area contributed by atoms with Crippen molar-refractivity contribution in [2.24, 2.45) is 0 Å². The third kappa shape index (κ3) is 4.20. The molecule has 0 aliphatic carbocycles. The van der Waals surface area contributed by atoms with Crippen molar-refractivity contribution in [1.82, 2.24) is 15.3 Å². The molecular formula is C15H16N4O. The van der Waals surface area contributed by atoms with Crippen molar-refractivity contribution in [2.75, 3.05) is 5.73 Å². The molecule has 0 unspecified atom stereocenters. The minimum atomic E-state index is -0.168. The summed E-state index contributed by atoms with van der Waals surface area (Å²) in [7, 11) is 0. The zero-order valence-corrected chi connectivity index (χ0v) is 11.2. The predicted molar refractivity (Wildman–Crippen MR) is 78.5 cm³/mol. The Hall–Kier alpha value is -2.69. The van der Waals surface area contributed by atoms with Gasteiger partial charge in [-0.1, -0.05) is 12.1 Å². The van der Waals surface area contributed by atoms with E-state index in [1.165, 1.54) is 6.08 Å². The first-order chi connectivity index (χ1) is 9.63. The number of rotatable bonds is 4. The fraction of sp³-hybridized carbons (Fsp3) is 0.133. The Morgan fingerprint density at radius 2 is 2.05 bits per heavy atom. The van der Waals surface area contributed by atoms with Gasteiger partial charge in [-0.2, -0.15) is 0 Å². The Morgan fingerprint density at radius 3 is 2.75 bits per heavy atom. The lowest BCUT2D eigenvalue weighted by Crippen LogP contribution is -2.21. The topological polar surface area (TPSA) is 80.9 Å². The van der Waals surface area contributed by atoms with E-state index in [2.05, 4.69) is 15.3 Å². The molecule has 1 heterocycles. The molecule has 1 aromatic heterocycles. The Balaban J connectivity index is 1.88. The van der Waals surface area contributed by atoms with E-state index in [1.54, 1.807) is 30.5 Å². The first-order valence-electron chi connectivity index (χ1n) is 6.23. The quantitative estimate of drug-likeness (QED) is 0.653. The number of carbonyl (C=O) groups excluding carboxylic acids is 1. The second kappa shape index (κ2) is 6.47. The third-order valence-corrected chi connectivity index (χ3v) is 2.64. The molecule has 5 nitrogen and oxygen atoms in total. The molecule has 102 valence electrons. The zero-order chi connectivity index (χ0) is 14.4. The van der Waals surface area contributed by atoms with Crippen LogP contribution < -0.4 is 11.1 Å². The van der Waals surface area contributed by atoms with Gasteiger partial charge in [-0.3, -0.25) is 4.79 Å². The highest BCUT2D eigenvalue weighted by atomic mass is 16.1. The van der Waals surface area contributed by atoms with E-state index < -0.39 is 0 Å². The lowest BCUT2D eigenvalue weighted by molar-refractivity contribution is -0.116. The predicted octanol–water partition coefficient (Wildman–Crippen LogP) is 1.70. The van der Waals surface area contributed by atoms with Crippen LogP contribution in [-0.2, 0) is 11.3 Å². The summed E-state index contributed by atoms with van der Waals surface area (Å²) in [4.78, 5) is 19.9. The van der Waals surface area contributed by atoms with Gasteiger partial charge in [0.05, 0.1) is 12.2 Å². The molecule has 0 radical (unpaired) electrons. The largest absolute Gasteiger partial charge is 0.399 e. The number of nitrogens with one attached hydrogen (secondary N) is 1. The van der Waals surface area contributed by atoms with Crippen LogP contribution >= 0.6 is 0 Å². The van der Waals surface area contributed by atoms with Gasteiger partial charge in [-0.25, -0.2) is 9.97 Å². The number of anilines is 1. The number of nitrogens with two attached hydrogens (primary N) is 1. The lowest BCUT2D eigenvalue weighted by atomic mass is 10.2. The average molecular weight is 268 g/mol. The van der Waals surface area contributed by atoms with Crippen LogP contribution in [0, 0.1) is 6.92 Å². The maximum atomic E-state index is 11.7. The molecule has 0 atom stereocenters. The standard InChI is InChI=1S/C15H16N4O/c1-11-17-9-8-14(19-11)10-18-15(20)7-4-12-2-5-13(16)6-3-12/h2-9H,10,16H2,1H3,(H,18,20)/b7-4+. The summed E-state index contributed by atoms with van der Waals surface area (Å²) in [6, 6.07) is 9.07. The summed E-state index contributed by atoms with van der Waals surface area (Å²) in [6.07, 6.45) is 4.90. The van der Waals surface area contributed by atoms with Gasteiger partial charge < -0.3 is 11.1 Å². The van der Waals surface area contributed by atoms with Crippen molar-refractivity contribution in [2.45, 2.75) is 13.5 Å². The summed E-state index contributed by atoms with van der Waals surface area (Å²) in [6.45, 7) is 2.20. The highest BCUT2D eigenvalue weighted by Crippen LogP contribution is 2.06. The first kappa shape index (κ1) is 13.7. The fourth-order valence-corrected chi connectivity index (χ4v) is 1.62. The summed E-state index contributed by atoms with van der Waals surface area (Å²) >= 11 is 0. The smallest absolute Gasteiger partial charge is 0.244 e. The van der Waals surface area contributed by atoms with Crippen molar-refractivity contribution in [1.29, 1.82) is 0 Å². The number of nitrogen functional groups attached to an aromatic ring is 1. The first-order valence-corrected chi connectivity index (χ1v) is 6.23. The van der Waals surface area contributed by atoms with Crippen LogP contribution in [0.3, 0.4) is 0 Å². The van der Waals surface area contributed by atoms with Crippen molar-refractivity contribution < 1.29 is 4.79 Å². The molecule has 20 heavy (non-hydrogen) atoms. The highest BCUT2D eigenvalue weighted by Gasteiger charge is 1.98. The Morgan fingerprint density at radius 1 is 1.30 bits per heavy atom. The molecular weight excluding hydrogens is 252 g/mol. The third-order valence-electron chi connectivity index (χ3n) is 2.64. The number of hydrogen-bond donors (Lipinski definition) is 2. The summed E-state index contributed by atoms with van der Waals surface area (Å²) in [5.74, 6) is 0.521. The lowest BCUT2D eigenvalue weighted by Gasteiger charge is -2.02. The number of benzene rings is 1. The number of carbonyl (C=O) groups is 1. The van der Waals surface area contributed by atoms with Crippen LogP contribution in [0.5, 0.6) is 0 Å². The van der Waals surface area contributed by atoms with Crippen LogP contribution in [0.25, 0.3) is 6.08 Å². The van der Waals surface area contributed by atoms with Crippen molar-refractivity contribution in [3.63, 3.8) is 0 Å². The van der Waals surface area contributed by atoms with Gasteiger partial charge in [0, 0.05) is 18.0 Å². The monoisotopic (exact) mass is 268 g/mol. The van der Waals surface area contributed by atoms with Crippen LogP contribution in [0.15, 0.2) is 42.6 Å². The zero-order valence-electron chi connectivity index (χ0n) is 11.2. The van der Waals surface area contributed by atoms with Gasteiger partial charge in [0.1, 0.15) is 5.82 Å². The number of nitrogens with zero attached hydrogens (tertiary/aromatic N) is 2. The minimum absolute atomic E-state index is 0.168. The Kier molecular flexibility index (Phi) is 4.44. The van der Waals surface area contributed by atoms with Gasteiger partial charge in [0.25, 0.3) is 0 Å². The molecule has 0 bridgehead atoms. The Labute approximate surface area is 117 Å². The molecule has 0 spiro atoms. The van der Waals surface area contributed by atoms with E-state index in [0.29, 0.717) is 18.1 Å². The number of aryl methyl sites for hydroxylation is 1. The number of amides is 1. The van der Waals surface area contributed by atoms with Gasteiger partial charge in [0.15, 0.2) is 0 Å². The molecule has 2 rings (SSSR count). The van der Waals surface area contributed by atoms with E-state index in [9.17, 15) is 4.79 Å². The molecule has 0 saturated heterocycles. The van der Waals surface area contributed by atoms with Crippen LogP contribution in [-0.4, -0.2) is 15.9 Å². The van der Waals surface area contributed by atoms with E-state index in [4.69, 9.17) is 5.73 Å². The molecule has 3 N–H and O–H groups in total. The molecule has 0 fully saturated rings. The SMILES string of the molecule is Cc1nccc(CNC(=O)/C=C/c2ccc(N)cc2)n1. The average Bonchev–Trinajstić information content (AvgIpc) is 2.45. The summed E-state index contributed by atoms with van der Waals surface area (Å²) < 4.78 is 0. The second-order valence-corrected chi connectivity index (χ2v) is 4.31. The van der Waals surface area contributed by atoms with Gasteiger partial charge >= 0.3 is 0 Å². The maximum Gasteiger partial charge on any atom is 0.244 e. The van der Waals surface area contributed by atoms with Crippen LogP contribution in [0.4, 0.5) is 5.69 Å². The maximum absolute atomic E-state index is 11.7. The van der Waals surface area contributed by atoms with E-state index in [-0.39, 0.29) is 5.91 Å². The van der Waals surface area contributed by atoms with Gasteiger partial charge in [0.2, 0.25) is 5.91 Å². The fourth-order valence-electron chi connectivity index (χ4n) is 1.62. The van der Waals surface area contributed by atoms with Crippen LogP contribution in [0.1, 0.15) is 17.1 Å². The number of aromatic nitrogens is 2. The normalized spacial score (nSPS) is 10.7. The molecule has 1 amide bonds. The second-order valence-electron chi connectivity index (χ2n) is 4.31. The van der Waals surface area contributed by atoms with E-state index in [0.717, 1.165) is 11.3 Å². The van der Waals surface area contributed by atoms with E-state index in [1.807, 2.05) is 19.1 Å². The van der Waals surface area contributed by atoms with Crippen LogP contribution in [0.2, 0.25) is 0 Å². The molecule has 1 aromatic carbocycles. The highest BCUT2D eigenvalue weighted by molar-refractivity contribution is 5.91. The van der Waals surface area contributed by atoms with Crippen molar-refractivity contribution in [3.8, 4) is 0 Å². The summed E-state index contributed by atoms with van der Waals surface area (Å²) in [5, 5.41) is 2.77. The molecule has 2 aromatic rings. The Bertz CT molecular complexity index is 620. The van der Waals surface area contributed by atoms with Crippen molar-refractivity contribution in [3.05, 3.63) is 59.7 Å². The molecule has 5 heteroatoms. The summed E-state index contributed by atoms with van der Waals surface area (Å²) in [5.41, 5.74) is 8.00.